The number of hydrogen-bond acceptors (Lipinski definition) is 5. The lowest BCUT2D eigenvalue weighted by atomic mass is 10.4. The molecule has 0 aromatic carbocycles. The van der Waals surface area contributed by atoms with Crippen molar-refractivity contribution in [2.45, 2.75) is 6.92 Å². The standard InChI is InChI=1S/C7H9N3O5/c1-4-6(10(13)14)7(9(2)8-4)15-3-5(11)12/h3H2,1-2H3,(H,11,12). The fourth-order valence-electron chi connectivity index (χ4n) is 1.13. The van der Waals surface area contributed by atoms with E-state index in [4.69, 9.17) is 9.84 Å². The van der Waals surface area contributed by atoms with Crippen LogP contribution in [0.3, 0.4) is 0 Å². The Morgan fingerprint density at radius 2 is 2.33 bits per heavy atom. The highest BCUT2D eigenvalue weighted by molar-refractivity contribution is 5.68. The first-order valence-corrected chi connectivity index (χ1v) is 3.96. The molecule has 1 aromatic heterocycles. The van der Waals surface area contributed by atoms with Crippen LogP contribution in [0.15, 0.2) is 0 Å². The lowest BCUT2D eigenvalue weighted by Crippen LogP contribution is -2.12. The van der Waals surface area contributed by atoms with E-state index < -0.39 is 17.5 Å². The minimum absolute atomic E-state index is 0.153. The Labute approximate surface area is 84.2 Å². The summed E-state index contributed by atoms with van der Waals surface area (Å²) in [4.78, 5) is 20.2. The maximum atomic E-state index is 10.6. The van der Waals surface area contributed by atoms with Crippen LogP contribution in [0.25, 0.3) is 0 Å². The van der Waals surface area contributed by atoms with Crippen molar-refractivity contribution in [2.24, 2.45) is 7.05 Å². The maximum absolute atomic E-state index is 10.6. The number of carboxylic acids is 1. The van der Waals surface area contributed by atoms with Crippen LogP contribution in [0.1, 0.15) is 5.69 Å². The molecule has 8 heteroatoms. The number of aryl methyl sites for hydroxylation is 2. The van der Waals surface area contributed by atoms with Crippen molar-refractivity contribution in [1.29, 1.82) is 0 Å². The van der Waals surface area contributed by atoms with Gasteiger partial charge in [0.2, 0.25) is 0 Å². The second-order valence-corrected chi connectivity index (χ2v) is 2.80. The van der Waals surface area contributed by atoms with Crippen LogP contribution >= 0.6 is 0 Å². The van der Waals surface area contributed by atoms with Crippen molar-refractivity contribution in [2.75, 3.05) is 6.61 Å². The largest absolute Gasteiger partial charge is 0.479 e. The SMILES string of the molecule is Cc1nn(C)c(OCC(=O)O)c1[N+](=O)[O-]. The summed E-state index contributed by atoms with van der Waals surface area (Å²) in [6, 6.07) is 0. The van der Waals surface area contributed by atoms with Gasteiger partial charge in [-0.05, 0) is 6.92 Å². The minimum Gasteiger partial charge on any atom is -0.479 e. The fraction of sp³-hybridized carbons (Fsp3) is 0.429. The number of nitrogens with zero attached hydrogens (tertiary/aromatic N) is 3. The third-order valence-corrected chi connectivity index (χ3v) is 1.65. The summed E-state index contributed by atoms with van der Waals surface area (Å²) in [6.07, 6.45) is 0. The second kappa shape index (κ2) is 3.95. The zero-order chi connectivity index (χ0) is 11.6. The van der Waals surface area contributed by atoms with E-state index in [1.807, 2.05) is 0 Å². The minimum atomic E-state index is -1.21. The van der Waals surface area contributed by atoms with E-state index in [0.29, 0.717) is 0 Å². The number of ether oxygens (including phenoxy) is 1. The van der Waals surface area contributed by atoms with E-state index >= 15 is 0 Å². The average molecular weight is 215 g/mol. The lowest BCUT2D eigenvalue weighted by Gasteiger charge is -2.01. The average Bonchev–Trinajstić information content (AvgIpc) is 2.37. The summed E-state index contributed by atoms with van der Waals surface area (Å²) in [6.45, 7) is 0.811. The van der Waals surface area contributed by atoms with E-state index in [1.165, 1.54) is 14.0 Å². The van der Waals surface area contributed by atoms with Crippen molar-refractivity contribution < 1.29 is 19.6 Å². The van der Waals surface area contributed by atoms with Gasteiger partial charge in [0.25, 0.3) is 5.88 Å². The van der Waals surface area contributed by atoms with Crippen LogP contribution in [0.5, 0.6) is 5.88 Å². The molecule has 1 heterocycles. The van der Waals surface area contributed by atoms with Crippen LogP contribution < -0.4 is 4.74 Å². The number of carboxylic acid groups (broad SMARTS) is 1. The Morgan fingerprint density at radius 3 is 2.80 bits per heavy atom. The zero-order valence-corrected chi connectivity index (χ0v) is 8.13. The molecule has 0 aliphatic heterocycles. The highest BCUT2D eigenvalue weighted by atomic mass is 16.6. The first-order valence-electron chi connectivity index (χ1n) is 3.96. The molecule has 0 saturated carbocycles. The molecule has 0 atom stereocenters. The van der Waals surface area contributed by atoms with E-state index in [2.05, 4.69) is 5.10 Å². The molecule has 15 heavy (non-hydrogen) atoms. The number of hydrogen-bond donors (Lipinski definition) is 1. The van der Waals surface area contributed by atoms with Gasteiger partial charge in [0, 0.05) is 7.05 Å². The van der Waals surface area contributed by atoms with Gasteiger partial charge in [-0.3, -0.25) is 10.1 Å². The molecule has 0 spiro atoms. The number of aliphatic carboxylic acids is 1. The van der Waals surface area contributed by atoms with Crippen LogP contribution in [0.2, 0.25) is 0 Å². The normalized spacial score (nSPS) is 10.0. The Hall–Kier alpha value is -2.12. The molecule has 0 aliphatic carbocycles. The highest BCUT2D eigenvalue weighted by Crippen LogP contribution is 2.29. The Kier molecular flexibility index (Phi) is 2.88. The van der Waals surface area contributed by atoms with Gasteiger partial charge in [-0.15, -0.1) is 0 Å². The Bertz CT molecular complexity index is 411. The monoisotopic (exact) mass is 215 g/mol. The molecular weight excluding hydrogens is 206 g/mol. The summed E-state index contributed by atoms with van der Waals surface area (Å²) >= 11 is 0. The molecular formula is C7H9N3O5. The van der Waals surface area contributed by atoms with Gasteiger partial charge in [-0.1, -0.05) is 0 Å². The number of nitro groups is 1. The first-order chi connectivity index (χ1) is 6.93. The van der Waals surface area contributed by atoms with Crippen molar-refractivity contribution in [3.63, 3.8) is 0 Å². The van der Waals surface area contributed by atoms with E-state index in [0.717, 1.165) is 4.68 Å². The van der Waals surface area contributed by atoms with Gasteiger partial charge in [0.05, 0.1) is 4.92 Å². The predicted octanol–water partition coefficient (Wildman–Crippen LogP) is 0.100. The molecule has 1 N–H and O–H groups in total. The van der Waals surface area contributed by atoms with Crippen LogP contribution in [0.4, 0.5) is 5.69 Å². The van der Waals surface area contributed by atoms with E-state index in [-0.39, 0.29) is 17.3 Å². The fourth-order valence-corrected chi connectivity index (χ4v) is 1.13. The van der Waals surface area contributed by atoms with Crippen molar-refractivity contribution in [3.8, 4) is 5.88 Å². The van der Waals surface area contributed by atoms with Crippen molar-refractivity contribution in [3.05, 3.63) is 15.8 Å². The summed E-state index contributed by atoms with van der Waals surface area (Å²) in [7, 11) is 1.44. The molecule has 0 bridgehead atoms. The summed E-state index contributed by atoms with van der Waals surface area (Å²) in [5, 5.41) is 22.8. The van der Waals surface area contributed by atoms with Crippen LogP contribution in [-0.2, 0) is 11.8 Å². The molecule has 0 aliphatic rings. The van der Waals surface area contributed by atoms with Crippen molar-refractivity contribution >= 4 is 11.7 Å². The molecule has 1 aromatic rings. The quantitative estimate of drug-likeness (QED) is 0.563. The van der Waals surface area contributed by atoms with E-state index in [1.54, 1.807) is 0 Å². The topological polar surface area (TPSA) is 107 Å². The summed E-state index contributed by atoms with van der Waals surface area (Å²) in [5.74, 6) is -1.36. The Balaban J connectivity index is 3.04. The number of rotatable bonds is 4. The molecule has 0 amide bonds. The van der Waals surface area contributed by atoms with Crippen molar-refractivity contribution in [1.82, 2.24) is 9.78 Å². The third kappa shape index (κ3) is 2.22. The molecule has 0 saturated heterocycles. The molecule has 82 valence electrons. The third-order valence-electron chi connectivity index (χ3n) is 1.65. The zero-order valence-electron chi connectivity index (χ0n) is 8.13. The first kappa shape index (κ1) is 11.0. The lowest BCUT2D eigenvalue weighted by molar-refractivity contribution is -0.386. The van der Waals surface area contributed by atoms with Crippen LogP contribution in [-0.4, -0.2) is 32.4 Å². The van der Waals surface area contributed by atoms with Gasteiger partial charge in [0.1, 0.15) is 5.69 Å². The molecule has 0 radical (unpaired) electrons. The van der Waals surface area contributed by atoms with Gasteiger partial charge in [-0.25, -0.2) is 9.48 Å². The van der Waals surface area contributed by atoms with Gasteiger partial charge < -0.3 is 9.84 Å². The summed E-state index contributed by atoms with van der Waals surface area (Å²) in [5.41, 5.74) is -0.123. The van der Waals surface area contributed by atoms with Gasteiger partial charge in [0.15, 0.2) is 6.61 Å². The second-order valence-electron chi connectivity index (χ2n) is 2.80. The maximum Gasteiger partial charge on any atom is 0.353 e. The van der Waals surface area contributed by atoms with E-state index in [9.17, 15) is 14.9 Å². The molecule has 0 unspecified atom stereocenters. The molecule has 8 nitrogen and oxygen atoms in total. The smallest absolute Gasteiger partial charge is 0.353 e. The predicted molar refractivity (Wildman–Crippen MR) is 47.7 cm³/mol. The Morgan fingerprint density at radius 1 is 1.73 bits per heavy atom. The van der Waals surface area contributed by atoms with Gasteiger partial charge >= 0.3 is 11.7 Å². The van der Waals surface area contributed by atoms with Crippen LogP contribution in [0, 0.1) is 17.0 Å². The number of carbonyl (C=O) groups is 1. The highest BCUT2D eigenvalue weighted by Gasteiger charge is 2.25. The number of aromatic nitrogens is 2. The summed E-state index contributed by atoms with van der Waals surface area (Å²) < 4.78 is 5.91. The molecule has 1 rings (SSSR count). The molecule has 0 fully saturated rings. The van der Waals surface area contributed by atoms with Gasteiger partial charge in [-0.2, -0.15) is 5.10 Å².